The number of ether oxygens (including phenoxy) is 1. The SMILES string of the molecule is FC(F)Oc1ccccc1Nc1ccc(Cl)cn1. The molecule has 2 rings (SSSR count). The summed E-state index contributed by atoms with van der Waals surface area (Å²) in [5.74, 6) is 0.550. The largest absolute Gasteiger partial charge is 0.433 e. The summed E-state index contributed by atoms with van der Waals surface area (Å²) >= 11 is 5.70. The quantitative estimate of drug-likeness (QED) is 0.909. The van der Waals surface area contributed by atoms with Gasteiger partial charge in [0.2, 0.25) is 0 Å². The standard InChI is InChI=1S/C12H9ClF2N2O/c13-8-5-6-11(16-7-8)17-9-3-1-2-4-10(9)18-12(14)15/h1-7,12H,(H,16,17). The van der Waals surface area contributed by atoms with Crippen molar-refractivity contribution in [1.82, 2.24) is 4.98 Å². The van der Waals surface area contributed by atoms with E-state index in [4.69, 9.17) is 11.6 Å². The van der Waals surface area contributed by atoms with E-state index in [1.165, 1.54) is 12.3 Å². The number of pyridine rings is 1. The van der Waals surface area contributed by atoms with Crippen LogP contribution >= 0.6 is 11.6 Å². The monoisotopic (exact) mass is 270 g/mol. The van der Waals surface area contributed by atoms with Crippen LogP contribution in [-0.2, 0) is 0 Å². The van der Waals surface area contributed by atoms with Gasteiger partial charge >= 0.3 is 6.61 Å². The molecule has 0 radical (unpaired) electrons. The molecule has 0 saturated heterocycles. The third kappa shape index (κ3) is 3.30. The summed E-state index contributed by atoms with van der Waals surface area (Å²) in [4.78, 5) is 4.01. The van der Waals surface area contributed by atoms with Crippen molar-refractivity contribution in [3.05, 3.63) is 47.6 Å². The fraction of sp³-hybridized carbons (Fsp3) is 0.0833. The highest BCUT2D eigenvalue weighted by atomic mass is 35.5. The lowest BCUT2D eigenvalue weighted by atomic mass is 10.3. The average Bonchev–Trinajstić information content (AvgIpc) is 2.34. The molecule has 0 aliphatic heterocycles. The predicted octanol–water partition coefficient (Wildman–Crippen LogP) is 4.08. The van der Waals surface area contributed by atoms with E-state index >= 15 is 0 Å². The summed E-state index contributed by atoms with van der Waals surface area (Å²) in [6, 6.07) is 9.67. The van der Waals surface area contributed by atoms with Crippen molar-refractivity contribution in [2.75, 3.05) is 5.32 Å². The van der Waals surface area contributed by atoms with Crippen molar-refractivity contribution >= 4 is 23.1 Å². The number of hydrogen-bond acceptors (Lipinski definition) is 3. The van der Waals surface area contributed by atoms with E-state index in [9.17, 15) is 8.78 Å². The summed E-state index contributed by atoms with van der Waals surface area (Å²) in [5.41, 5.74) is 0.410. The lowest BCUT2D eigenvalue weighted by molar-refractivity contribution is -0.0493. The number of benzene rings is 1. The summed E-state index contributed by atoms with van der Waals surface area (Å²) in [5, 5.41) is 3.37. The van der Waals surface area contributed by atoms with Gasteiger partial charge in [-0.15, -0.1) is 0 Å². The van der Waals surface area contributed by atoms with Gasteiger partial charge in [0.05, 0.1) is 10.7 Å². The van der Waals surface area contributed by atoms with Crippen molar-refractivity contribution < 1.29 is 13.5 Å². The minimum atomic E-state index is -2.87. The summed E-state index contributed by atoms with van der Waals surface area (Å²) in [7, 11) is 0. The number of para-hydroxylation sites is 2. The maximum absolute atomic E-state index is 12.2. The predicted molar refractivity (Wildman–Crippen MR) is 65.6 cm³/mol. The molecule has 0 aliphatic rings. The molecule has 0 aliphatic carbocycles. The Morgan fingerprint density at radius 1 is 1.17 bits per heavy atom. The van der Waals surface area contributed by atoms with Crippen LogP contribution in [0.5, 0.6) is 5.75 Å². The lowest BCUT2D eigenvalue weighted by Crippen LogP contribution is -2.04. The zero-order valence-electron chi connectivity index (χ0n) is 9.11. The van der Waals surface area contributed by atoms with Gasteiger partial charge < -0.3 is 10.1 Å². The molecule has 0 amide bonds. The van der Waals surface area contributed by atoms with E-state index in [2.05, 4.69) is 15.0 Å². The molecule has 0 bridgehead atoms. The van der Waals surface area contributed by atoms with Crippen LogP contribution in [0.3, 0.4) is 0 Å². The number of anilines is 2. The van der Waals surface area contributed by atoms with E-state index in [-0.39, 0.29) is 5.75 Å². The third-order valence-corrected chi connectivity index (χ3v) is 2.32. The van der Waals surface area contributed by atoms with E-state index in [1.54, 1.807) is 30.3 Å². The topological polar surface area (TPSA) is 34.1 Å². The van der Waals surface area contributed by atoms with Crippen molar-refractivity contribution in [3.8, 4) is 5.75 Å². The smallest absolute Gasteiger partial charge is 0.387 e. The average molecular weight is 271 g/mol. The first-order valence-electron chi connectivity index (χ1n) is 5.07. The third-order valence-electron chi connectivity index (χ3n) is 2.09. The highest BCUT2D eigenvalue weighted by Gasteiger charge is 2.09. The van der Waals surface area contributed by atoms with Crippen LogP contribution in [0.2, 0.25) is 5.02 Å². The van der Waals surface area contributed by atoms with Crippen LogP contribution in [0, 0.1) is 0 Å². The second-order valence-corrected chi connectivity index (χ2v) is 3.80. The first-order valence-corrected chi connectivity index (χ1v) is 5.45. The zero-order valence-corrected chi connectivity index (χ0v) is 9.86. The second-order valence-electron chi connectivity index (χ2n) is 3.36. The van der Waals surface area contributed by atoms with Gasteiger partial charge in [-0.2, -0.15) is 8.78 Å². The maximum Gasteiger partial charge on any atom is 0.387 e. The van der Waals surface area contributed by atoms with E-state index < -0.39 is 6.61 Å². The number of halogens is 3. The molecule has 1 N–H and O–H groups in total. The number of alkyl halides is 2. The molecule has 0 fully saturated rings. The van der Waals surface area contributed by atoms with Crippen molar-refractivity contribution in [2.24, 2.45) is 0 Å². The molecule has 2 aromatic rings. The van der Waals surface area contributed by atoms with Gasteiger partial charge in [-0.1, -0.05) is 23.7 Å². The van der Waals surface area contributed by atoms with Crippen molar-refractivity contribution in [1.29, 1.82) is 0 Å². The molecule has 18 heavy (non-hydrogen) atoms. The molecule has 1 aromatic heterocycles. The van der Waals surface area contributed by atoms with Gasteiger partial charge in [-0.25, -0.2) is 4.98 Å². The Labute approximate surface area is 107 Å². The Morgan fingerprint density at radius 2 is 1.94 bits per heavy atom. The number of nitrogens with one attached hydrogen (secondary N) is 1. The second kappa shape index (κ2) is 5.64. The minimum Gasteiger partial charge on any atom is -0.433 e. The Bertz CT molecular complexity index is 520. The molecule has 0 saturated carbocycles. The zero-order chi connectivity index (χ0) is 13.0. The highest BCUT2D eigenvalue weighted by molar-refractivity contribution is 6.30. The van der Waals surface area contributed by atoms with Gasteiger partial charge in [0.15, 0.2) is 0 Å². The molecule has 1 aromatic carbocycles. The van der Waals surface area contributed by atoms with E-state index in [1.807, 2.05) is 0 Å². The molecule has 3 nitrogen and oxygen atoms in total. The van der Waals surface area contributed by atoms with Gasteiger partial charge in [0.1, 0.15) is 11.6 Å². The van der Waals surface area contributed by atoms with Crippen molar-refractivity contribution in [3.63, 3.8) is 0 Å². The number of aromatic nitrogens is 1. The van der Waals surface area contributed by atoms with Crippen LogP contribution in [-0.4, -0.2) is 11.6 Å². The Morgan fingerprint density at radius 3 is 2.61 bits per heavy atom. The summed E-state index contributed by atoms with van der Waals surface area (Å²) < 4.78 is 28.8. The summed E-state index contributed by atoms with van der Waals surface area (Å²) in [6.07, 6.45) is 1.46. The Kier molecular flexibility index (Phi) is 3.94. The first kappa shape index (κ1) is 12.6. The molecular weight excluding hydrogens is 262 g/mol. The van der Waals surface area contributed by atoms with Gasteiger partial charge in [0, 0.05) is 6.20 Å². The van der Waals surface area contributed by atoms with E-state index in [0.717, 1.165) is 0 Å². The molecule has 1 heterocycles. The maximum atomic E-state index is 12.2. The summed E-state index contributed by atoms with van der Waals surface area (Å²) in [6.45, 7) is -2.87. The lowest BCUT2D eigenvalue weighted by Gasteiger charge is -2.11. The molecule has 0 spiro atoms. The van der Waals surface area contributed by atoms with E-state index in [0.29, 0.717) is 16.5 Å². The molecule has 0 unspecified atom stereocenters. The molecule has 6 heteroatoms. The molecule has 0 atom stereocenters. The van der Waals surface area contributed by atoms with Crippen LogP contribution in [0.1, 0.15) is 0 Å². The normalized spacial score (nSPS) is 10.4. The van der Waals surface area contributed by atoms with Crippen LogP contribution in [0.4, 0.5) is 20.3 Å². The van der Waals surface area contributed by atoms with Crippen LogP contribution in [0.25, 0.3) is 0 Å². The first-order chi connectivity index (χ1) is 8.65. The fourth-order valence-corrected chi connectivity index (χ4v) is 1.47. The molecular formula is C12H9ClF2N2O. The minimum absolute atomic E-state index is 0.0595. The van der Waals surface area contributed by atoms with Gasteiger partial charge in [-0.3, -0.25) is 0 Å². The van der Waals surface area contributed by atoms with Crippen LogP contribution in [0.15, 0.2) is 42.6 Å². The Balaban J connectivity index is 2.20. The number of nitrogens with zero attached hydrogens (tertiary/aromatic N) is 1. The highest BCUT2D eigenvalue weighted by Crippen LogP contribution is 2.28. The fourth-order valence-electron chi connectivity index (χ4n) is 1.36. The van der Waals surface area contributed by atoms with Gasteiger partial charge in [-0.05, 0) is 24.3 Å². The van der Waals surface area contributed by atoms with Gasteiger partial charge in [0.25, 0.3) is 0 Å². The van der Waals surface area contributed by atoms with Crippen LogP contribution < -0.4 is 10.1 Å². The number of rotatable bonds is 4. The number of hydrogen-bond donors (Lipinski definition) is 1. The van der Waals surface area contributed by atoms with Crippen molar-refractivity contribution in [2.45, 2.75) is 6.61 Å². The Hall–Kier alpha value is -1.88. The molecule has 94 valence electrons.